The third-order valence-corrected chi connectivity index (χ3v) is 7.11. The first-order chi connectivity index (χ1) is 19.4. The largest absolute Gasteiger partial charge is 0.462 e. The summed E-state index contributed by atoms with van der Waals surface area (Å²) in [7, 11) is 0. The van der Waals surface area contributed by atoms with Crippen molar-refractivity contribution in [2.45, 2.75) is 39.5 Å². The molecule has 0 saturated carbocycles. The molecular weight excluding hydrogens is 512 g/mol. The summed E-state index contributed by atoms with van der Waals surface area (Å²) in [5.74, 6) is -0.669. The lowest BCUT2D eigenvalue weighted by Gasteiger charge is -2.37. The predicted molar refractivity (Wildman–Crippen MR) is 150 cm³/mol. The Morgan fingerprint density at radius 1 is 0.600 bits per heavy atom. The van der Waals surface area contributed by atoms with Gasteiger partial charge >= 0.3 is 11.9 Å². The predicted octanol–water partition coefficient (Wildman–Crippen LogP) is 5.33. The van der Waals surface area contributed by atoms with Crippen molar-refractivity contribution in [2.24, 2.45) is 10.8 Å². The summed E-state index contributed by atoms with van der Waals surface area (Å²) in [4.78, 5) is 24.7. The monoisotopic (exact) mass is 554 g/mol. The minimum atomic E-state index is -0.335. The van der Waals surface area contributed by atoms with Gasteiger partial charge in [0, 0.05) is 24.0 Å². The fourth-order valence-electron chi connectivity index (χ4n) is 4.41. The van der Waals surface area contributed by atoms with Crippen LogP contribution in [0.5, 0.6) is 0 Å². The van der Waals surface area contributed by atoms with Crippen molar-refractivity contribution in [2.75, 3.05) is 66.1 Å². The van der Waals surface area contributed by atoms with E-state index in [1.54, 1.807) is 24.3 Å². The quantitative estimate of drug-likeness (QED) is 0.191. The minimum Gasteiger partial charge on any atom is -0.462 e. The van der Waals surface area contributed by atoms with Gasteiger partial charge in [-0.2, -0.15) is 0 Å². The van der Waals surface area contributed by atoms with Gasteiger partial charge in [0.1, 0.15) is 0 Å². The molecule has 40 heavy (non-hydrogen) atoms. The smallest absolute Gasteiger partial charge is 0.338 e. The Morgan fingerprint density at radius 2 is 0.950 bits per heavy atom. The summed E-state index contributed by atoms with van der Waals surface area (Å²) >= 11 is 0. The second-order valence-corrected chi connectivity index (χ2v) is 11.6. The van der Waals surface area contributed by atoms with Gasteiger partial charge in [-0.15, -0.1) is 0 Å². The molecule has 0 bridgehead atoms. The average molecular weight is 555 g/mol. The van der Waals surface area contributed by atoms with Crippen LogP contribution in [-0.4, -0.2) is 78.0 Å². The third-order valence-electron chi connectivity index (χ3n) is 7.11. The molecule has 218 valence electrons. The molecule has 2 aliphatic rings. The van der Waals surface area contributed by atoms with Crippen molar-refractivity contribution in [1.82, 2.24) is 0 Å². The summed E-state index contributed by atoms with van der Waals surface area (Å²) in [5.41, 5.74) is 3.23. The van der Waals surface area contributed by atoms with E-state index in [0.717, 1.165) is 63.2 Å². The highest BCUT2D eigenvalue weighted by Crippen LogP contribution is 2.27. The standard InChI is InChI=1S/C32H42O8/c1-31(21-37-22-31)19-35-15-3-5-17-39-29(33)27-11-7-25(8-12-27)26-9-13-28(14-10-26)30(34)40-18-6-4-16-36-20-32(2)23-38-24-32/h7-14H,3-6,15-24H2,1-2H3. The zero-order valence-corrected chi connectivity index (χ0v) is 23.8. The van der Waals surface area contributed by atoms with Crippen molar-refractivity contribution in [3.8, 4) is 11.1 Å². The Morgan fingerprint density at radius 3 is 1.27 bits per heavy atom. The highest BCUT2D eigenvalue weighted by atomic mass is 16.5. The second-order valence-electron chi connectivity index (χ2n) is 11.6. The molecule has 2 saturated heterocycles. The summed E-state index contributed by atoms with van der Waals surface area (Å²) < 4.78 is 32.6. The van der Waals surface area contributed by atoms with E-state index in [-0.39, 0.29) is 22.8 Å². The molecule has 2 heterocycles. The number of unbranched alkanes of at least 4 members (excludes halogenated alkanes) is 2. The lowest BCUT2D eigenvalue weighted by Crippen LogP contribution is -2.43. The van der Waals surface area contributed by atoms with Crippen LogP contribution in [0.15, 0.2) is 48.5 Å². The zero-order valence-electron chi connectivity index (χ0n) is 23.8. The van der Waals surface area contributed by atoms with E-state index in [2.05, 4.69) is 13.8 Å². The van der Waals surface area contributed by atoms with Crippen LogP contribution in [-0.2, 0) is 28.4 Å². The molecule has 0 spiro atoms. The van der Waals surface area contributed by atoms with Crippen LogP contribution in [0.25, 0.3) is 11.1 Å². The van der Waals surface area contributed by atoms with Crippen molar-refractivity contribution in [3.63, 3.8) is 0 Å². The number of hydrogen-bond acceptors (Lipinski definition) is 8. The van der Waals surface area contributed by atoms with Crippen LogP contribution in [0.3, 0.4) is 0 Å². The molecule has 0 unspecified atom stereocenters. The van der Waals surface area contributed by atoms with Crippen LogP contribution in [0, 0.1) is 10.8 Å². The molecule has 2 aromatic rings. The van der Waals surface area contributed by atoms with E-state index >= 15 is 0 Å². The fraction of sp³-hybridized carbons (Fsp3) is 0.562. The summed E-state index contributed by atoms with van der Waals surface area (Å²) in [6, 6.07) is 14.5. The average Bonchev–Trinajstić information content (AvgIpc) is 2.94. The fourth-order valence-corrected chi connectivity index (χ4v) is 4.41. The number of hydrogen-bond donors (Lipinski definition) is 0. The van der Waals surface area contributed by atoms with E-state index in [1.165, 1.54) is 0 Å². The van der Waals surface area contributed by atoms with Gasteiger partial charge in [-0.1, -0.05) is 38.1 Å². The molecule has 8 nitrogen and oxygen atoms in total. The minimum absolute atomic E-state index is 0.159. The first-order valence-corrected chi connectivity index (χ1v) is 14.2. The molecule has 0 radical (unpaired) electrons. The zero-order chi connectivity index (χ0) is 28.3. The molecule has 2 aromatic carbocycles. The second kappa shape index (κ2) is 14.7. The lowest BCUT2D eigenvalue weighted by atomic mass is 9.90. The highest BCUT2D eigenvalue weighted by Gasteiger charge is 2.34. The normalized spacial score (nSPS) is 16.9. The van der Waals surface area contributed by atoms with E-state index in [4.69, 9.17) is 28.4 Å². The van der Waals surface area contributed by atoms with Gasteiger partial charge < -0.3 is 28.4 Å². The molecule has 4 rings (SSSR count). The van der Waals surface area contributed by atoms with Gasteiger partial charge in [0.2, 0.25) is 0 Å². The molecule has 2 fully saturated rings. The van der Waals surface area contributed by atoms with Crippen LogP contribution in [0.4, 0.5) is 0 Å². The molecule has 2 aliphatic heterocycles. The van der Waals surface area contributed by atoms with Crippen LogP contribution >= 0.6 is 0 Å². The van der Waals surface area contributed by atoms with E-state index in [1.807, 2.05) is 24.3 Å². The van der Waals surface area contributed by atoms with Gasteiger partial charge in [0.15, 0.2) is 0 Å². The van der Waals surface area contributed by atoms with Crippen LogP contribution < -0.4 is 0 Å². The highest BCUT2D eigenvalue weighted by molar-refractivity contribution is 5.91. The van der Waals surface area contributed by atoms with Gasteiger partial charge in [-0.05, 0) is 61.1 Å². The van der Waals surface area contributed by atoms with E-state index in [0.29, 0.717) is 50.8 Å². The van der Waals surface area contributed by atoms with Crippen molar-refractivity contribution >= 4 is 11.9 Å². The lowest BCUT2D eigenvalue weighted by molar-refractivity contribution is -0.138. The van der Waals surface area contributed by atoms with Crippen molar-refractivity contribution < 1.29 is 38.0 Å². The Balaban J connectivity index is 1.09. The van der Waals surface area contributed by atoms with Crippen LogP contribution in [0.1, 0.15) is 60.2 Å². The van der Waals surface area contributed by atoms with Gasteiger partial charge in [0.05, 0.1) is 64.0 Å². The third kappa shape index (κ3) is 9.13. The van der Waals surface area contributed by atoms with E-state index in [9.17, 15) is 9.59 Å². The summed E-state index contributed by atoms with van der Waals surface area (Å²) in [5, 5.41) is 0. The van der Waals surface area contributed by atoms with Gasteiger partial charge in [0.25, 0.3) is 0 Å². The summed E-state index contributed by atoms with van der Waals surface area (Å²) in [6.07, 6.45) is 3.21. The number of carbonyl (C=O) groups is 2. The molecule has 0 N–H and O–H groups in total. The van der Waals surface area contributed by atoms with E-state index < -0.39 is 0 Å². The number of carbonyl (C=O) groups excluding carboxylic acids is 2. The number of esters is 2. The number of rotatable bonds is 17. The van der Waals surface area contributed by atoms with Gasteiger partial charge in [-0.3, -0.25) is 0 Å². The topological polar surface area (TPSA) is 89.5 Å². The molecule has 0 aliphatic carbocycles. The maximum Gasteiger partial charge on any atom is 0.338 e. The van der Waals surface area contributed by atoms with Gasteiger partial charge in [-0.25, -0.2) is 9.59 Å². The maximum absolute atomic E-state index is 12.4. The number of benzene rings is 2. The molecule has 0 aromatic heterocycles. The molecule has 8 heteroatoms. The Bertz CT molecular complexity index is 984. The molecule has 0 amide bonds. The SMILES string of the molecule is CC1(COCCCCOC(=O)c2ccc(-c3ccc(C(=O)OCCCCOCC4(C)COC4)cc3)cc2)COC1. The Hall–Kier alpha value is -2.78. The molecular formula is C32H42O8. The first-order valence-electron chi connectivity index (χ1n) is 14.2. The first kappa shape index (κ1) is 30.2. The summed E-state index contributed by atoms with van der Waals surface area (Å²) in [6.45, 7) is 10.8. The number of ether oxygens (including phenoxy) is 6. The Labute approximate surface area is 237 Å². The van der Waals surface area contributed by atoms with Crippen LogP contribution in [0.2, 0.25) is 0 Å². The maximum atomic E-state index is 12.4. The van der Waals surface area contributed by atoms with Crippen molar-refractivity contribution in [1.29, 1.82) is 0 Å². The molecule has 0 atom stereocenters. The van der Waals surface area contributed by atoms with Crippen molar-refractivity contribution in [3.05, 3.63) is 59.7 Å². The Kier molecular flexibility index (Phi) is 11.1.